The number of imidazole rings is 1. The highest BCUT2D eigenvalue weighted by Gasteiger charge is 2.32. The molecule has 3 heterocycles. The molecule has 11 heteroatoms. The minimum absolute atomic E-state index is 0.0734. The number of aromatic amines is 2. The number of nitrogen functional groups attached to an aromatic ring is 1. The predicted octanol–water partition coefficient (Wildman–Crippen LogP) is 3.12. The second kappa shape index (κ2) is 11.6. The summed E-state index contributed by atoms with van der Waals surface area (Å²) >= 11 is 0. The second-order valence-electron chi connectivity index (χ2n) is 10.2. The van der Waals surface area contributed by atoms with E-state index in [9.17, 15) is 9.59 Å². The number of fused-ring (bicyclic) bond motifs is 1. The monoisotopic (exact) mass is 529 g/mol. The first-order chi connectivity index (χ1) is 19.0. The van der Waals surface area contributed by atoms with Crippen molar-refractivity contribution in [1.29, 1.82) is 0 Å². The minimum Gasteiger partial charge on any atom is -0.382 e. The van der Waals surface area contributed by atoms with E-state index in [1.54, 1.807) is 17.3 Å². The number of carbonyl (C=O) groups is 2. The van der Waals surface area contributed by atoms with Crippen molar-refractivity contribution in [2.45, 2.75) is 51.6 Å². The first-order valence-corrected chi connectivity index (χ1v) is 13.5. The summed E-state index contributed by atoms with van der Waals surface area (Å²) in [6, 6.07) is 10.6. The van der Waals surface area contributed by atoms with Gasteiger partial charge in [-0.15, -0.1) is 0 Å². The Morgan fingerprint density at radius 3 is 2.69 bits per heavy atom. The summed E-state index contributed by atoms with van der Waals surface area (Å²) in [7, 11) is 0. The normalized spacial score (nSPS) is 18.1. The molecule has 204 valence electrons. The van der Waals surface area contributed by atoms with Gasteiger partial charge in [0.15, 0.2) is 5.82 Å². The van der Waals surface area contributed by atoms with E-state index < -0.39 is 6.04 Å². The Labute approximate surface area is 226 Å². The average Bonchev–Trinajstić information content (AvgIpc) is 3.61. The van der Waals surface area contributed by atoms with E-state index in [1.165, 1.54) is 0 Å². The minimum atomic E-state index is -0.689. The van der Waals surface area contributed by atoms with Gasteiger partial charge in [0.1, 0.15) is 6.04 Å². The molecule has 1 aliphatic rings. The number of hydrogen-bond donors (Lipinski definition) is 5. The highest BCUT2D eigenvalue weighted by Crippen LogP contribution is 2.29. The first kappa shape index (κ1) is 26.4. The molecule has 1 saturated carbocycles. The van der Waals surface area contributed by atoms with Crippen molar-refractivity contribution in [3.05, 3.63) is 54.5 Å². The van der Waals surface area contributed by atoms with E-state index in [4.69, 9.17) is 11.5 Å². The Kier molecular flexibility index (Phi) is 7.87. The molecule has 1 aromatic carbocycles. The third-order valence-corrected chi connectivity index (χ3v) is 7.61. The van der Waals surface area contributed by atoms with Crippen LogP contribution in [0.3, 0.4) is 0 Å². The van der Waals surface area contributed by atoms with Crippen molar-refractivity contribution in [3.63, 3.8) is 0 Å². The molecular weight excluding hydrogens is 494 g/mol. The van der Waals surface area contributed by atoms with E-state index in [0.717, 1.165) is 47.8 Å². The quantitative estimate of drug-likeness (QED) is 0.222. The molecule has 11 nitrogen and oxygen atoms in total. The Morgan fingerprint density at radius 1 is 1.15 bits per heavy atom. The Bertz CT molecular complexity index is 1420. The third-order valence-electron chi connectivity index (χ3n) is 7.61. The summed E-state index contributed by atoms with van der Waals surface area (Å²) in [6.45, 7) is 2.75. The number of nitrogens with zero attached hydrogens (tertiary/aromatic N) is 4. The van der Waals surface area contributed by atoms with Gasteiger partial charge in [-0.3, -0.25) is 24.6 Å². The fourth-order valence-corrected chi connectivity index (χ4v) is 5.19. The number of nitrogens with two attached hydrogens (primary N) is 2. The summed E-state index contributed by atoms with van der Waals surface area (Å²) in [5.74, 6) is 0.877. The number of anilines is 2. The number of amides is 2. The molecule has 4 aromatic rings. The van der Waals surface area contributed by atoms with Gasteiger partial charge in [-0.05, 0) is 68.8 Å². The molecule has 0 bridgehead atoms. The molecule has 1 fully saturated rings. The standard InChI is InChI=1S/C28H35N9O2/c1-2-22(33-26(38)18-8-6-17(14-29)7-9-18)27(39)37(16-20-5-3-4-12-31-20)28-32-15-24(34-28)19-10-11-21-23(13-19)35-36-25(21)30/h3-5,10-13,15,17-18,22H,2,6-9,14,16,29H2,1H3,(H,32,34)(H,33,38)(H3,30,35,36)/t17?,18?,22-/m0/s1. The number of carbonyl (C=O) groups excluding carboxylic acids is 2. The van der Waals surface area contributed by atoms with Crippen molar-refractivity contribution in [2.75, 3.05) is 17.2 Å². The van der Waals surface area contributed by atoms with Crippen LogP contribution in [0.5, 0.6) is 0 Å². The van der Waals surface area contributed by atoms with Gasteiger partial charge in [0.25, 0.3) is 5.91 Å². The van der Waals surface area contributed by atoms with Gasteiger partial charge in [0.05, 0.1) is 29.6 Å². The van der Waals surface area contributed by atoms with Crippen LogP contribution in [0.15, 0.2) is 48.8 Å². The topological polar surface area (TPSA) is 172 Å². The summed E-state index contributed by atoms with van der Waals surface area (Å²) < 4.78 is 0. The van der Waals surface area contributed by atoms with Gasteiger partial charge in [-0.2, -0.15) is 5.10 Å². The summed E-state index contributed by atoms with van der Waals surface area (Å²) in [5.41, 5.74) is 14.8. The SMILES string of the molecule is CC[C@H](NC(=O)C1CCC(CN)CC1)C(=O)N(Cc1ccccn1)c1ncc(-c2ccc3c(N)n[nH]c3c2)[nH]1. The van der Waals surface area contributed by atoms with Crippen LogP contribution >= 0.6 is 0 Å². The lowest BCUT2D eigenvalue weighted by Gasteiger charge is -2.29. The fraction of sp³-hybridized carbons (Fsp3) is 0.393. The first-order valence-electron chi connectivity index (χ1n) is 13.5. The second-order valence-corrected chi connectivity index (χ2v) is 10.2. The maximum atomic E-state index is 13.9. The van der Waals surface area contributed by atoms with E-state index in [2.05, 4.69) is 30.5 Å². The Morgan fingerprint density at radius 2 is 1.97 bits per heavy atom. The highest BCUT2D eigenvalue weighted by molar-refractivity contribution is 5.98. The number of H-pyrrole nitrogens is 2. The molecule has 2 amide bonds. The van der Waals surface area contributed by atoms with Gasteiger partial charge in [0.2, 0.25) is 11.9 Å². The molecule has 0 radical (unpaired) electrons. The number of benzene rings is 1. The van der Waals surface area contributed by atoms with Crippen molar-refractivity contribution in [1.82, 2.24) is 30.5 Å². The van der Waals surface area contributed by atoms with Crippen LogP contribution in [-0.2, 0) is 16.1 Å². The largest absolute Gasteiger partial charge is 0.382 e. The van der Waals surface area contributed by atoms with Gasteiger partial charge in [-0.1, -0.05) is 19.1 Å². The van der Waals surface area contributed by atoms with Gasteiger partial charge >= 0.3 is 0 Å². The molecule has 0 saturated heterocycles. The van der Waals surface area contributed by atoms with Crippen LogP contribution < -0.4 is 21.7 Å². The average molecular weight is 530 g/mol. The predicted molar refractivity (Wildman–Crippen MR) is 150 cm³/mol. The molecule has 5 rings (SSSR count). The zero-order valence-corrected chi connectivity index (χ0v) is 22.1. The summed E-state index contributed by atoms with van der Waals surface area (Å²) in [6.07, 6.45) is 7.30. The third kappa shape index (κ3) is 5.78. The lowest BCUT2D eigenvalue weighted by Crippen LogP contribution is -2.50. The van der Waals surface area contributed by atoms with Crippen molar-refractivity contribution >= 4 is 34.5 Å². The zero-order chi connectivity index (χ0) is 27.4. The van der Waals surface area contributed by atoms with Crippen LogP contribution in [-0.4, -0.2) is 49.6 Å². The molecule has 0 unspecified atom stereocenters. The van der Waals surface area contributed by atoms with Gasteiger partial charge in [-0.25, -0.2) is 4.98 Å². The molecule has 7 N–H and O–H groups in total. The number of nitrogens with one attached hydrogen (secondary N) is 3. The molecule has 0 aliphatic heterocycles. The van der Waals surface area contributed by atoms with E-state index in [1.807, 2.05) is 43.3 Å². The molecule has 1 aliphatic carbocycles. The smallest absolute Gasteiger partial charge is 0.252 e. The number of rotatable bonds is 9. The van der Waals surface area contributed by atoms with Crippen molar-refractivity contribution in [2.24, 2.45) is 17.6 Å². The van der Waals surface area contributed by atoms with Crippen molar-refractivity contribution < 1.29 is 9.59 Å². The maximum absolute atomic E-state index is 13.9. The van der Waals surface area contributed by atoms with Gasteiger partial charge in [0, 0.05) is 23.1 Å². The number of hydrogen-bond acceptors (Lipinski definition) is 7. The van der Waals surface area contributed by atoms with Crippen LogP contribution in [0.2, 0.25) is 0 Å². The van der Waals surface area contributed by atoms with E-state index in [0.29, 0.717) is 36.3 Å². The lowest BCUT2D eigenvalue weighted by atomic mass is 9.81. The van der Waals surface area contributed by atoms with Gasteiger partial charge < -0.3 is 21.8 Å². The summed E-state index contributed by atoms with van der Waals surface area (Å²) in [4.78, 5) is 40.8. The zero-order valence-electron chi connectivity index (χ0n) is 22.1. The molecule has 1 atom stereocenters. The highest BCUT2D eigenvalue weighted by atomic mass is 16.2. The fourth-order valence-electron chi connectivity index (χ4n) is 5.19. The number of pyridine rings is 1. The van der Waals surface area contributed by atoms with Crippen LogP contribution in [0, 0.1) is 11.8 Å². The Balaban J connectivity index is 1.38. The Hall–Kier alpha value is -4.25. The van der Waals surface area contributed by atoms with Crippen LogP contribution in [0.25, 0.3) is 22.2 Å². The molecule has 0 spiro atoms. The van der Waals surface area contributed by atoms with E-state index in [-0.39, 0.29) is 24.3 Å². The van der Waals surface area contributed by atoms with Crippen molar-refractivity contribution in [3.8, 4) is 11.3 Å². The number of aromatic nitrogens is 5. The molecular formula is C28H35N9O2. The maximum Gasteiger partial charge on any atom is 0.252 e. The molecule has 3 aromatic heterocycles. The van der Waals surface area contributed by atoms with Crippen LogP contribution in [0.1, 0.15) is 44.7 Å². The van der Waals surface area contributed by atoms with E-state index >= 15 is 0 Å². The van der Waals surface area contributed by atoms with Crippen LogP contribution in [0.4, 0.5) is 11.8 Å². The molecule has 39 heavy (non-hydrogen) atoms. The lowest BCUT2D eigenvalue weighted by molar-refractivity contribution is -0.131. The summed E-state index contributed by atoms with van der Waals surface area (Å²) in [5, 5.41) is 10.8.